The molecule has 0 amide bonds. The van der Waals surface area contributed by atoms with Crippen molar-refractivity contribution in [2.45, 2.75) is 19.4 Å². The molecule has 3 aromatic heterocycles. The lowest BCUT2D eigenvalue weighted by Gasteiger charge is -2.30. The molecule has 0 aliphatic carbocycles. The normalized spacial score (nSPS) is 12.3. The van der Waals surface area contributed by atoms with Crippen LogP contribution in [-0.4, -0.2) is 130 Å². The highest BCUT2D eigenvalue weighted by molar-refractivity contribution is 5.56. The number of halogens is 2. The molecule has 4 heterocycles. The van der Waals surface area contributed by atoms with E-state index in [-0.39, 0.29) is 31.5 Å². The van der Waals surface area contributed by atoms with Crippen molar-refractivity contribution in [3.05, 3.63) is 89.1 Å². The Balaban J connectivity index is 0.762. The summed E-state index contributed by atoms with van der Waals surface area (Å²) >= 11 is 0. The van der Waals surface area contributed by atoms with Crippen molar-refractivity contribution in [2.24, 2.45) is 0 Å². The molecule has 18 nitrogen and oxygen atoms in total. The maximum absolute atomic E-state index is 14.6. The van der Waals surface area contributed by atoms with Gasteiger partial charge < -0.3 is 59.0 Å². The third kappa shape index (κ3) is 13.2. The maximum atomic E-state index is 14.6. The summed E-state index contributed by atoms with van der Waals surface area (Å²) in [5.41, 5.74) is 15.4. The highest BCUT2D eigenvalue weighted by atomic mass is 19.2. The average molecular weight is 864 g/mol. The molecule has 0 saturated carbocycles. The Bertz CT molecular complexity index is 2150. The van der Waals surface area contributed by atoms with E-state index in [1.54, 1.807) is 45.1 Å². The summed E-state index contributed by atoms with van der Waals surface area (Å²) in [6.45, 7) is 4.74. The number of nitrogens with two attached hydrogens (primary N) is 2. The molecule has 1 aliphatic heterocycles. The summed E-state index contributed by atoms with van der Waals surface area (Å²) in [7, 11) is 3.10. The van der Waals surface area contributed by atoms with Crippen molar-refractivity contribution < 1.29 is 51.4 Å². The Labute approximate surface area is 357 Å². The SMILES string of the molecule is COc1cc(Cc2cnc(N)nc2N)cc(OC)c1OCCOCCOCCOCCOCCOCCOc1cc(N2CCc3nc(-c4ncccn4)ncc3C2)cc(F)c1F. The standard InChI is InChI=1S/C42H51F2N9O9/c1-54-35-21-28(20-29-25-50-42(46)52-39(29)45)22-36(55-2)38(35)62-19-17-60-15-13-58-11-9-56-8-10-57-12-14-59-16-18-61-34-24-31(23-32(43)37(34)44)53-7-4-33-30(27-53)26-49-41(51-33)40-47-5-3-6-48-40/h3,5-6,21-26H,4,7-20,27H2,1-2H3,(H4,45,46,50,52). The number of nitrogens with zero attached hydrogens (tertiary/aromatic N) is 7. The molecule has 0 saturated heterocycles. The number of anilines is 3. The molecule has 0 spiro atoms. The molecule has 0 unspecified atom stereocenters. The molecule has 0 bridgehead atoms. The maximum Gasteiger partial charge on any atom is 0.221 e. The van der Waals surface area contributed by atoms with Gasteiger partial charge in [-0.1, -0.05) is 0 Å². The van der Waals surface area contributed by atoms with Gasteiger partial charge in [0.15, 0.2) is 34.7 Å². The second-order valence-electron chi connectivity index (χ2n) is 13.6. The van der Waals surface area contributed by atoms with Crippen LogP contribution >= 0.6 is 0 Å². The van der Waals surface area contributed by atoms with Crippen LogP contribution in [0.3, 0.4) is 0 Å². The van der Waals surface area contributed by atoms with Crippen molar-refractivity contribution in [2.75, 3.05) is 116 Å². The molecule has 0 radical (unpaired) electrons. The van der Waals surface area contributed by atoms with Crippen molar-refractivity contribution in [3.8, 4) is 34.6 Å². The lowest BCUT2D eigenvalue weighted by Crippen LogP contribution is -2.31. The molecule has 62 heavy (non-hydrogen) atoms. The van der Waals surface area contributed by atoms with Crippen LogP contribution in [0.15, 0.2) is 55.1 Å². The molecule has 2 aromatic carbocycles. The van der Waals surface area contributed by atoms with Crippen LogP contribution in [0.4, 0.5) is 26.2 Å². The lowest BCUT2D eigenvalue weighted by atomic mass is 10.1. The Morgan fingerprint density at radius 2 is 1.24 bits per heavy atom. The minimum Gasteiger partial charge on any atom is -0.493 e. The van der Waals surface area contributed by atoms with Gasteiger partial charge >= 0.3 is 0 Å². The van der Waals surface area contributed by atoms with Crippen LogP contribution in [0.25, 0.3) is 11.6 Å². The van der Waals surface area contributed by atoms with E-state index in [0.29, 0.717) is 126 Å². The fraction of sp³-hybridized carbons (Fsp3) is 0.429. The van der Waals surface area contributed by atoms with Gasteiger partial charge in [-0.3, -0.25) is 0 Å². The zero-order chi connectivity index (χ0) is 43.5. The van der Waals surface area contributed by atoms with E-state index in [0.717, 1.165) is 22.4 Å². The summed E-state index contributed by atoms with van der Waals surface area (Å²) in [6.07, 6.45) is 7.63. The number of benzene rings is 2. The second kappa shape index (κ2) is 23.8. The van der Waals surface area contributed by atoms with Crippen molar-refractivity contribution >= 4 is 17.5 Å². The van der Waals surface area contributed by atoms with Gasteiger partial charge in [0, 0.05) is 79.7 Å². The summed E-state index contributed by atoms with van der Waals surface area (Å²) in [5.74, 6) is 0.544. The van der Waals surface area contributed by atoms with E-state index in [1.807, 2.05) is 17.0 Å². The quantitative estimate of drug-likeness (QED) is 0.0755. The largest absolute Gasteiger partial charge is 0.493 e. The molecule has 4 N–H and O–H groups in total. The van der Waals surface area contributed by atoms with Crippen LogP contribution in [-0.2, 0) is 43.1 Å². The van der Waals surface area contributed by atoms with E-state index in [9.17, 15) is 8.78 Å². The Kier molecular flexibility index (Phi) is 17.5. The zero-order valence-electron chi connectivity index (χ0n) is 34.7. The summed E-state index contributed by atoms with van der Waals surface area (Å²) < 4.78 is 79.6. The van der Waals surface area contributed by atoms with E-state index in [1.165, 1.54) is 12.1 Å². The molecular formula is C42H51F2N9O9. The first-order valence-corrected chi connectivity index (χ1v) is 19.9. The summed E-state index contributed by atoms with van der Waals surface area (Å²) in [5, 5.41) is 0. The minimum absolute atomic E-state index is 0.0303. The van der Waals surface area contributed by atoms with E-state index in [4.69, 9.17) is 54.1 Å². The first-order valence-electron chi connectivity index (χ1n) is 19.9. The van der Waals surface area contributed by atoms with Gasteiger partial charge in [0.25, 0.3) is 0 Å². The number of ether oxygens (including phenoxy) is 9. The van der Waals surface area contributed by atoms with Crippen LogP contribution in [0.5, 0.6) is 23.0 Å². The summed E-state index contributed by atoms with van der Waals surface area (Å²) in [4.78, 5) is 27.4. The summed E-state index contributed by atoms with van der Waals surface area (Å²) in [6, 6.07) is 8.06. The topological polar surface area (TPSA) is 216 Å². The van der Waals surface area contributed by atoms with Gasteiger partial charge in [-0.25, -0.2) is 29.3 Å². The number of rotatable bonds is 26. The highest BCUT2D eigenvalue weighted by Gasteiger charge is 2.23. The third-order valence-corrected chi connectivity index (χ3v) is 9.32. The van der Waals surface area contributed by atoms with E-state index in [2.05, 4.69) is 29.9 Å². The van der Waals surface area contributed by atoms with Gasteiger partial charge in [-0.05, 0) is 23.8 Å². The Morgan fingerprint density at radius 1 is 0.645 bits per heavy atom. The molecular weight excluding hydrogens is 813 g/mol. The molecule has 6 rings (SSSR count). The van der Waals surface area contributed by atoms with E-state index < -0.39 is 11.6 Å². The lowest BCUT2D eigenvalue weighted by molar-refractivity contribution is -0.0143. The molecule has 20 heteroatoms. The van der Waals surface area contributed by atoms with Crippen molar-refractivity contribution in [1.29, 1.82) is 0 Å². The van der Waals surface area contributed by atoms with Gasteiger partial charge in [-0.15, -0.1) is 0 Å². The number of fused-ring (bicyclic) bond motifs is 1. The number of nitrogen functional groups attached to an aromatic ring is 2. The van der Waals surface area contributed by atoms with Crippen molar-refractivity contribution in [1.82, 2.24) is 29.9 Å². The van der Waals surface area contributed by atoms with Gasteiger partial charge in [0.2, 0.25) is 17.5 Å². The molecule has 0 atom stereocenters. The smallest absolute Gasteiger partial charge is 0.221 e. The van der Waals surface area contributed by atoms with Gasteiger partial charge in [0.05, 0.1) is 86.0 Å². The number of hydrogen-bond donors (Lipinski definition) is 2. The molecule has 1 aliphatic rings. The number of methoxy groups -OCH3 is 2. The second-order valence-corrected chi connectivity index (χ2v) is 13.6. The Hall–Kier alpha value is -6.06. The van der Waals surface area contributed by atoms with Gasteiger partial charge in [-0.2, -0.15) is 9.37 Å². The minimum atomic E-state index is -1.05. The fourth-order valence-electron chi connectivity index (χ4n) is 6.26. The monoisotopic (exact) mass is 863 g/mol. The van der Waals surface area contributed by atoms with E-state index >= 15 is 0 Å². The molecule has 5 aromatic rings. The van der Waals surface area contributed by atoms with Crippen LogP contribution in [0.1, 0.15) is 22.4 Å². The van der Waals surface area contributed by atoms with Crippen LogP contribution in [0, 0.1) is 11.6 Å². The van der Waals surface area contributed by atoms with Gasteiger partial charge in [0.1, 0.15) is 19.0 Å². The first kappa shape index (κ1) is 45.5. The first-order chi connectivity index (χ1) is 30.3. The predicted molar refractivity (Wildman–Crippen MR) is 222 cm³/mol. The Morgan fingerprint density at radius 3 is 1.84 bits per heavy atom. The predicted octanol–water partition coefficient (Wildman–Crippen LogP) is 3.88. The van der Waals surface area contributed by atoms with Crippen LogP contribution in [0.2, 0.25) is 0 Å². The molecule has 332 valence electrons. The number of hydrogen-bond acceptors (Lipinski definition) is 18. The highest BCUT2D eigenvalue weighted by Crippen LogP contribution is 2.39. The van der Waals surface area contributed by atoms with Crippen LogP contribution < -0.4 is 35.3 Å². The molecule has 0 fully saturated rings. The number of aromatic nitrogens is 6. The third-order valence-electron chi connectivity index (χ3n) is 9.32. The average Bonchev–Trinajstić information content (AvgIpc) is 3.29. The van der Waals surface area contributed by atoms with Crippen molar-refractivity contribution in [3.63, 3.8) is 0 Å². The fourth-order valence-corrected chi connectivity index (χ4v) is 6.26. The zero-order valence-corrected chi connectivity index (χ0v) is 34.7.